The lowest BCUT2D eigenvalue weighted by Gasteiger charge is -2.17. The van der Waals surface area contributed by atoms with Crippen LogP contribution < -0.4 is 4.74 Å². The van der Waals surface area contributed by atoms with Gasteiger partial charge < -0.3 is 4.74 Å². The van der Waals surface area contributed by atoms with E-state index in [1.165, 1.54) is 0 Å². The van der Waals surface area contributed by atoms with Crippen LogP contribution >= 0.6 is 0 Å². The smallest absolute Gasteiger partial charge is 0.322 e. The number of aryl methyl sites for hydroxylation is 1. The van der Waals surface area contributed by atoms with E-state index in [0.29, 0.717) is 6.01 Å². The zero-order valence-electron chi connectivity index (χ0n) is 8.90. The minimum Gasteiger partial charge on any atom is -0.429 e. The topological polar surface area (TPSA) is 39.9 Å². The molecule has 0 saturated heterocycles. The van der Waals surface area contributed by atoms with Crippen LogP contribution in [0.2, 0.25) is 0 Å². The van der Waals surface area contributed by atoms with Gasteiger partial charge in [-0.3, -0.25) is 4.57 Å². The van der Waals surface area contributed by atoms with Gasteiger partial charge in [-0.15, -0.1) is 5.10 Å². The third-order valence-corrected chi connectivity index (χ3v) is 2.36. The van der Waals surface area contributed by atoms with Crippen molar-refractivity contribution < 1.29 is 4.74 Å². The monoisotopic (exact) mass is 203 g/mol. The first kappa shape index (κ1) is 9.71. The van der Waals surface area contributed by atoms with Gasteiger partial charge in [0, 0.05) is 5.57 Å². The number of aromatic nitrogens is 3. The van der Waals surface area contributed by atoms with E-state index in [1.54, 1.807) is 6.08 Å². The predicted molar refractivity (Wildman–Crippen MR) is 57.4 cm³/mol. The molecule has 15 heavy (non-hydrogen) atoms. The molecule has 0 bridgehead atoms. The highest BCUT2D eigenvalue weighted by Gasteiger charge is 2.18. The molecule has 4 nitrogen and oxygen atoms in total. The first-order valence-electron chi connectivity index (χ1n) is 4.79. The second-order valence-electron chi connectivity index (χ2n) is 3.39. The van der Waals surface area contributed by atoms with Gasteiger partial charge in [0.2, 0.25) is 0 Å². The molecule has 0 amide bonds. The first-order valence-corrected chi connectivity index (χ1v) is 4.79. The van der Waals surface area contributed by atoms with Crippen molar-refractivity contribution in [2.24, 2.45) is 0 Å². The summed E-state index contributed by atoms with van der Waals surface area (Å²) < 4.78 is 7.49. The van der Waals surface area contributed by atoms with Gasteiger partial charge in [0.25, 0.3) is 0 Å². The number of hydrogen-bond donors (Lipinski definition) is 0. The fourth-order valence-corrected chi connectivity index (χ4v) is 1.46. The molecule has 1 aromatic rings. The largest absolute Gasteiger partial charge is 0.429 e. The Labute approximate surface area is 88.6 Å². The van der Waals surface area contributed by atoms with Crippen molar-refractivity contribution >= 4 is 0 Å². The van der Waals surface area contributed by atoms with Gasteiger partial charge in [-0.05, 0) is 13.8 Å². The number of ether oxygens (including phenoxy) is 1. The van der Waals surface area contributed by atoms with Crippen molar-refractivity contribution in [3.8, 4) is 6.01 Å². The van der Waals surface area contributed by atoms with Crippen LogP contribution in [-0.2, 0) is 6.54 Å². The molecule has 0 aliphatic carbocycles. The van der Waals surface area contributed by atoms with Gasteiger partial charge >= 0.3 is 6.01 Å². The molecule has 4 heteroatoms. The number of fused-ring (bicyclic) bond motifs is 1. The van der Waals surface area contributed by atoms with E-state index in [-0.39, 0.29) is 0 Å². The van der Waals surface area contributed by atoms with E-state index in [2.05, 4.69) is 16.8 Å². The molecule has 0 radical (unpaired) electrons. The Morgan fingerprint density at radius 2 is 2.20 bits per heavy atom. The maximum absolute atomic E-state index is 5.55. The molecule has 0 spiro atoms. The summed E-state index contributed by atoms with van der Waals surface area (Å²) in [6, 6.07) is 0.570. The molecule has 0 unspecified atom stereocenters. The van der Waals surface area contributed by atoms with Crippen LogP contribution in [0.15, 0.2) is 36.1 Å². The van der Waals surface area contributed by atoms with E-state index in [1.807, 2.05) is 30.6 Å². The van der Waals surface area contributed by atoms with Crippen LogP contribution in [0.25, 0.3) is 0 Å². The summed E-state index contributed by atoms with van der Waals surface area (Å²) in [5.41, 5.74) is 1.12. The van der Waals surface area contributed by atoms with E-state index in [0.717, 1.165) is 23.7 Å². The molecule has 78 valence electrons. The van der Waals surface area contributed by atoms with Crippen molar-refractivity contribution in [1.29, 1.82) is 0 Å². The van der Waals surface area contributed by atoms with Crippen LogP contribution in [0.3, 0.4) is 0 Å². The van der Waals surface area contributed by atoms with Crippen molar-refractivity contribution in [3.05, 3.63) is 42.0 Å². The second-order valence-corrected chi connectivity index (χ2v) is 3.39. The summed E-state index contributed by atoms with van der Waals surface area (Å²) in [6.45, 7) is 8.23. The number of allylic oxidation sites excluding steroid dienone is 5. The Kier molecular flexibility index (Phi) is 2.41. The molecule has 0 atom stereocenters. The molecule has 1 aliphatic heterocycles. The lowest BCUT2D eigenvalue weighted by Crippen LogP contribution is -2.14. The predicted octanol–water partition coefficient (Wildman–Crippen LogP) is 2.00. The number of hydrogen-bond acceptors (Lipinski definition) is 3. The van der Waals surface area contributed by atoms with E-state index >= 15 is 0 Å². The molecule has 2 rings (SSSR count). The molecular weight excluding hydrogens is 190 g/mol. The molecule has 0 fully saturated rings. The highest BCUT2D eigenvalue weighted by molar-refractivity contribution is 5.29. The average molecular weight is 203 g/mol. The van der Waals surface area contributed by atoms with E-state index in [4.69, 9.17) is 4.74 Å². The quantitative estimate of drug-likeness (QED) is 0.690. The fourth-order valence-electron chi connectivity index (χ4n) is 1.46. The SMILES string of the molecule is C=C/C=C\C1=C(C)Oc2nnc(C)n2C1. The lowest BCUT2D eigenvalue weighted by atomic mass is 10.2. The summed E-state index contributed by atoms with van der Waals surface area (Å²) in [7, 11) is 0. The van der Waals surface area contributed by atoms with Crippen LogP contribution in [0.1, 0.15) is 12.7 Å². The summed E-state index contributed by atoms with van der Waals surface area (Å²) in [5, 5.41) is 7.90. The molecular formula is C11H13N3O. The standard InChI is InChI=1S/C11H13N3O/c1-4-5-6-10-7-14-9(3)12-13-11(14)15-8(10)2/h4-6H,1,7H2,2-3H3/b6-5-. The molecule has 0 saturated carbocycles. The van der Waals surface area contributed by atoms with Gasteiger partial charge in [0.1, 0.15) is 11.6 Å². The lowest BCUT2D eigenvalue weighted by molar-refractivity contribution is 0.344. The summed E-state index contributed by atoms with van der Waals surface area (Å²) >= 11 is 0. The van der Waals surface area contributed by atoms with Gasteiger partial charge in [-0.1, -0.05) is 29.9 Å². The second kappa shape index (κ2) is 3.73. The third kappa shape index (κ3) is 1.70. The molecule has 0 aromatic carbocycles. The number of nitrogens with zero attached hydrogens (tertiary/aromatic N) is 3. The first-order chi connectivity index (χ1) is 7.22. The van der Waals surface area contributed by atoms with Crippen LogP contribution in [0.5, 0.6) is 6.01 Å². The molecule has 2 heterocycles. The van der Waals surface area contributed by atoms with Gasteiger partial charge in [-0.25, -0.2) is 0 Å². The van der Waals surface area contributed by atoms with Gasteiger partial charge in [0.15, 0.2) is 0 Å². The summed E-state index contributed by atoms with van der Waals surface area (Å²) in [4.78, 5) is 0. The zero-order chi connectivity index (χ0) is 10.8. The van der Waals surface area contributed by atoms with Crippen molar-refractivity contribution in [2.75, 3.05) is 0 Å². The van der Waals surface area contributed by atoms with Gasteiger partial charge in [0.05, 0.1) is 6.54 Å². The van der Waals surface area contributed by atoms with Gasteiger partial charge in [-0.2, -0.15) is 0 Å². The maximum Gasteiger partial charge on any atom is 0.322 e. The minimum atomic E-state index is 0.570. The third-order valence-electron chi connectivity index (χ3n) is 2.36. The van der Waals surface area contributed by atoms with Crippen LogP contribution in [0.4, 0.5) is 0 Å². The Balaban J connectivity index is 2.33. The average Bonchev–Trinajstić information content (AvgIpc) is 2.57. The van der Waals surface area contributed by atoms with Crippen molar-refractivity contribution in [2.45, 2.75) is 20.4 Å². The Bertz CT molecular complexity index is 454. The Morgan fingerprint density at radius 3 is 2.93 bits per heavy atom. The maximum atomic E-state index is 5.55. The minimum absolute atomic E-state index is 0.570. The van der Waals surface area contributed by atoms with Crippen LogP contribution in [0, 0.1) is 6.92 Å². The highest BCUT2D eigenvalue weighted by atomic mass is 16.5. The Hall–Kier alpha value is -1.84. The summed E-state index contributed by atoms with van der Waals surface area (Å²) in [5.74, 6) is 1.73. The van der Waals surface area contributed by atoms with E-state index < -0.39 is 0 Å². The normalized spacial score (nSPS) is 15.3. The molecule has 1 aliphatic rings. The number of rotatable bonds is 2. The van der Waals surface area contributed by atoms with Crippen molar-refractivity contribution in [3.63, 3.8) is 0 Å². The van der Waals surface area contributed by atoms with Crippen LogP contribution in [-0.4, -0.2) is 14.8 Å². The highest BCUT2D eigenvalue weighted by Crippen LogP contribution is 2.23. The Morgan fingerprint density at radius 1 is 1.40 bits per heavy atom. The van der Waals surface area contributed by atoms with E-state index in [9.17, 15) is 0 Å². The zero-order valence-corrected chi connectivity index (χ0v) is 8.90. The fraction of sp³-hybridized carbons (Fsp3) is 0.273. The van der Waals surface area contributed by atoms with Crippen molar-refractivity contribution in [1.82, 2.24) is 14.8 Å². The summed E-state index contributed by atoms with van der Waals surface area (Å²) in [6.07, 6.45) is 5.63. The molecule has 0 N–H and O–H groups in total. The molecule has 1 aromatic heterocycles.